The van der Waals surface area contributed by atoms with Gasteiger partial charge in [-0.15, -0.1) is 0 Å². The van der Waals surface area contributed by atoms with Crippen LogP contribution in [0.1, 0.15) is 13.3 Å². The second-order valence-corrected chi connectivity index (χ2v) is 8.65. The third kappa shape index (κ3) is 4.65. The number of carbonyl (C=O) groups is 1. The maximum absolute atomic E-state index is 12.3. The summed E-state index contributed by atoms with van der Waals surface area (Å²) in [5, 5.41) is 1.11. The van der Waals surface area contributed by atoms with E-state index in [2.05, 4.69) is 33.0 Å². The van der Waals surface area contributed by atoms with Crippen molar-refractivity contribution in [3.05, 3.63) is 59.1 Å². The monoisotopic (exact) mass is 467 g/mol. The topological polar surface area (TPSA) is 45.7 Å². The van der Waals surface area contributed by atoms with Crippen LogP contribution in [0.4, 0.5) is 0 Å². The molecule has 3 aromatic rings. The molecule has 2 aromatic carbocycles. The van der Waals surface area contributed by atoms with Crippen LogP contribution in [0.2, 0.25) is 0 Å². The van der Waals surface area contributed by atoms with Gasteiger partial charge in [0.15, 0.2) is 0 Å². The Morgan fingerprint density at radius 3 is 2.70 bits per heavy atom. The maximum Gasteiger partial charge on any atom is 0.239 e. The van der Waals surface area contributed by atoms with Crippen molar-refractivity contribution in [2.24, 2.45) is 0 Å². The molecule has 156 valence electrons. The van der Waals surface area contributed by atoms with Crippen LogP contribution in [0.15, 0.2) is 59.1 Å². The van der Waals surface area contributed by atoms with E-state index in [1.165, 1.54) is 0 Å². The van der Waals surface area contributed by atoms with E-state index in [-0.39, 0.29) is 11.9 Å². The van der Waals surface area contributed by atoms with Gasteiger partial charge in [-0.25, -0.2) is 4.98 Å². The van der Waals surface area contributed by atoms with E-state index >= 15 is 0 Å². The molecule has 1 aromatic heterocycles. The molecule has 1 atom stereocenters. The van der Waals surface area contributed by atoms with Crippen LogP contribution >= 0.6 is 15.9 Å². The predicted molar refractivity (Wildman–Crippen MR) is 124 cm³/mol. The van der Waals surface area contributed by atoms with Crippen LogP contribution in [0.25, 0.3) is 22.2 Å². The van der Waals surface area contributed by atoms with Gasteiger partial charge in [0.1, 0.15) is 12.4 Å². The molecule has 1 aliphatic rings. The lowest BCUT2D eigenvalue weighted by molar-refractivity contribution is -0.133. The summed E-state index contributed by atoms with van der Waals surface area (Å²) in [5.74, 6) is 1.02. The fraction of sp³-hybridized carbons (Fsp3) is 0.333. The number of nitrogens with zero attached hydrogens (tertiary/aromatic N) is 3. The minimum absolute atomic E-state index is 0.0944. The zero-order valence-corrected chi connectivity index (χ0v) is 18.9. The summed E-state index contributed by atoms with van der Waals surface area (Å²) in [6, 6.07) is 18.2. The highest BCUT2D eigenvalue weighted by atomic mass is 79.9. The average Bonchev–Trinajstić information content (AvgIpc) is 2.88. The summed E-state index contributed by atoms with van der Waals surface area (Å²) in [6.45, 7) is 5.02. The summed E-state index contributed by atoms with van der Waals surface area (Å²) in [5.41, 5.74) is 2.97. The molecule has 1 fully saturated rings. The highest BCUT2D eigenvalue weighted by Crippen LogP contribution is 2.25. The minimum Gasteiger partial charge on any atom is -0.492 e. The second kappa shape index (κ2) is 9.14. The SMILES string of the molecule is C[C@@H]1C(=O)N(C)CCCN1CCOc1ccc(-c2ccc3cc(Br)ccc3n2)cc1. The number of ether oxygens (including phenoxy) is 1. The molecule has 0 bridgehead atoms. The van der Waals surface area contributed by atoms with Gasteiger partial charge in [-0.3, -0.25) is 9.69 Å². The highest BCUT2D eigenvalue weighted by Gasteiger charge is 2.26. The lowest BCUT2D eigenvalue weighted by atomic mass is 10.1. The maximum atomic E-state index is 12.3. The first-order valence-corrected chi connectivity index (χ1v) is 11.1. The third-order valence-corrected chi connectivity index (χ3v) is 6.16. The molecule has 0 N–H and O–H groups in total. The molecule has 4 rings (SSSR count). The van der Waals surface area contributed by atoms with Crippen LogP contribution in [-0.2, 0) is 4.79 Å². The number of halogens is 1. The van der Waals surface area contributed by atoms with Crippen molar-refractivity contribution < 1.29 is 9.53 Å². The predicted octanol–water partition coefficient (Wildman–Crippen LogP) is 4.60. The number of hydrogen-bond acceptors (Lipinski definition) is 4. The van der Waals surface area contributed by atoms with E-state index in [0.717, 1.165) is 58.4 Å². The fourth-order valence-electron chi connectivity index (χ4n) is 3.86. The van der Waals surface area contributed by atoms with Crippen molar-refractivity contribution >= 4 is 32.7 Å². The quantitative estimate of drug-likeness (QED) is 0.550. The number of carbonyl (C=O) groups excluding carboxylic acids is 1. The van der Waals surface area contributed by atoms with Gasteiger partial charge in [0.25, 0.3) is 0 Å². The van der Waals surface area contributed by atoms with Crippen molar-refractivity contribution in [3.8, 4) is 17.0 Å². The molecule has 0 radical (unpaired) electrons. The van der Waals surface area contributed by atoms with Gasteiger partial charge in [-0.2, -0.15) is 0 Å². The van der Waals surface area contributed by atoms with E-state index in [1.54, 1.807) is 0 Å². The zero-order chi connectivity index (χ0) is 21.1. The summed E-state index contributed by atoms with van der Waals surface area (Å²) >= 11 is 3.50. The van der Waals surface area contributed by atoms with E-state index < -0.39 is 0 Å². The molecule has 1 saturated heterocycles. The third-order valence-electron chi connectivity index (χ3n) is 5.67. The van der Waals surface area contributed by atoms with Gasteiger partial charge >= 0.3 is 0 Å². The van der Waals surface area contributed by atoms with Crippen molar-refractivity contribution in [2.75, 3.05) is 33.3 Å². The molecular formula is C24H26BrN3O2. The van der Waals surface area contributed by atoms with Crippen LogP contribution in [0.5, 0.6) is 5.75 Å². The number of pyridine rings is 1. The molecule has 2 heterocycles. The molecule has 5 nitrogen and oxygen atoms in total. The van der Waals surface area contributed by atoms with Crippen LogP contribution in [0, 0.1) is 0 Å². The van der Waals surface area contributed by atoms with Gasteiger partial charge in [0.2, 0.25) is 5.91 Å². The molecule has 1 aliphatic heterocycles. The number of aromatic nitrogens is 1. The Labute approximate surface area is 185 Å². The van der Waals surface area contributed by atoms with Crippen LogP contribution < -0.4 is 4.74 Å². The summed E-state index contributed by atoms with van der Waals surface area (Å²) in [6.07, 6.45) is 0.997. The van der Waals surface area contributed by atoms with Gasteiger partial charge in [0, 0.05) is 42.1 Å². The van der Waals surface area contributed by atoms with Crippen LogP contribution in [0.3, 0.4) is 0 Å². The molecule has 0 aliphatic carbocycles. The molecule has 6 heteroatoms. The first-order chi connectivity index (χ1) is 14.5. The molecule has 1 amide bonds. The van der Waals surface area contributed by atoms with Crippen molar-refractivity contribution in [2.45, 2.75) is 19.4 Å². The van der Waals surface area contributed by atoms with Gasteiger partial charge in [-0.05, 0) is 61.9 Å². The minimum atomic E-state index is -0.0944. The summed E-state index contributed by atoms with van der Waals surface area (Å²) in [4.78, 5) is 21.1. The smallest absolute Gasteiger partial charge is 0.239 e. The highest BCUT2D eigenvalue weighted by molar-refractivity contribution is 9.10. The summed E-state index contributed by atoms with van der Waals surface area (Å²) < 4.78 is 6.99. The first kappa shape index (κ1) is 20.8. The normalized spacial score (nSPS) is 17.9. The second-order valence-electron chi connectivity index (χ2n) is 7.73. The molecule has 30 heavy (non-hydrogen) atoms. The van der Waals surface area contributed by atoms with Gasteiger partial charge in [0.05, 0.1) is 17.3 Å². The number of fused-ring (bicyclic) bond motifs is 1. The number of rotatable bonds is 5. The van der Waals surface area contributed by atoms with E-state index in [1.807, 2.05) is 61.3 Å². The molecule has 0 spiro atoms. The largest absolute Gasteiger partial charge is 0.492 e. The number of benzene rings is 2. The Hall–Kier alpha value is -2.44. The fourth-order valence-corrected chi connectivity index (χ4v) is 4.23. The zero-order valence-electron chi connectivity index (χ0n) is 17.3. The Morgan fingerprint density at radius 1 is 1.10 bits per heavy atom. The Bertz CT molecular complexity index is 1040. The van der Waals surface area contributed by atoms with Crippen molar-refractivity contribution in [1.29, 1.82) is 0 Å². The molecule has 0 unspecified atom stereocenters. The van der Waals surface area contributed by atoms with Gasteiger partial charge < -0.3 is 9.64 Å². The Kier molecular flexibility index (Phi) is 6.35. The van der Waals surface area contributed by atoms with Crippen LogP contribution in [-0.4, -0.2) is 60.0 Å². The number of hydrogen-bond donors (Lipinski definition) is 0. The van der Waals surface area contributed by atoms with Crippen molar-refractivity contribution in [1.82, 2.24) is 14.8 Å². The van der Waals surface area contributed by atoms with Gasteiger partial charge in [-0.1, -0.05) is 22.0 Å². The van der Waals surface area contributed by atoms with E-state index in [0.29, 0.717) is 6.61 Å². The Balaban J connectivity index is 1.37. The van der Waals surface area contributed by atoms with E-state index in [9.17, 15) is 4.79 Å². The summed E-state index contributed by atoms with van der Waals surface area (Å²) in [7, 11) is 1.88. The van der Waals surface area contributed by atoms with E-state index in [4.69, 9.17) is 9.72 Å². The Morgan fingerprint density at radius 2 is 1.90 bits per heavy atom. The number of likely N-dealkylation sites (N-methyl/N-ethyl adjacent to an activating group) is 1. The molecular weight excluding hydrogens is 442 g/mol. The lowest BCUT2D eigenvalue weighted by Crippen LogP contribution is -2.44. The number of amides is 1. The standard InChI is InChI=1S/C24H26BrN3O2/c1-17-24(29)27(2)12-3-13-28(17)14-15-30-21-8-4-18(5-9-21)22-10-6-19-16-20(25)7-11-23(19)26-22/h4-11,16-17H,3,12-15H2,1-2H3/t17-/m1/s1. The van der Waals surface area contributed by atoms with Crippen molar-refractivity contribution in [3.63, 3.8) is 0 Å². The first-order valence-electron chi connectivity index (χ1n) is 10.3. The average molecular weight is 468 g/mol. The lowest BCUT2D eigenvalue weighted by Gasteiger charge is -2.26. The molecule has 0 saturated carbocycles.